The number of cyclic esters (lactones) is 1. The minimum Gasteiger partial charge on any atom is -0.463 e. The summed E-state index contributed by atoms with van der Waals surface area (Å²) >= 11 is 0. The molecule has 4 heteroatoms. The minimum absolute atomic E-state index is 0.277. The highest BCUT2D eigenvalue weighted by molar-refractivity contribution is 5.95. The first-order valence-electron chi connectivity index (χ1n) is 4.09. The van der Waals surface area contributed by atoms with Crippen molar-refractivity contribution in [3.05, 3.63) is 11.6 Å². The molecule has 1 unspecified atom stereocenters. The fourth-order valence-corrected chi connectivity index (χ4v) is 1.10. The SMILES string of the molecule is CCOC(=O)C1(C)OC(=O)C=C1C. The normalized spacial score (nSPS) is 26.7. The molecular formula is C9H12O4. The van der Waals surface area contributed by atoms with E-state index in [1.807, 2.05) is 0 Å². The number of carbonyl (C=O) groups excluding carboxylic acids is 2. The molecule has 4 nitrogen and oxygen atoms in total. The van der Waals surface area contributed by atoms with Gasteiger partial charge in [-0.3, -0.25) is 0 Å². The molecule has 0 spiro atoms. The van der Waals surface area contributed by atoms with Crippen LogP contribution in [0.25, 0.3) is 0 Å². The van der Waals surface area contributed by atoms with Crippen LogP contribution in [0.1, 0.15) is 20.8 Å². The second-order valence-electron chi connectivity index (χ2n) is 3.00. The van der Waals surface area contributed by atoms with Crippen molar-refractivity contribution in [2.24, 2.45) is 0 Å². The maximum atomic E-state index is 11.4. The number of hydrogen-bond donors (Lipinski definition) is 0. The van der Waals surface area contributed by atoms with Gasteiger partial charge in [-0.15, -0.1) is 0 Å². The Hall–Kier alpha value is -1.32. The Morgan fingerprint density at radius 2 is 2.31 bits per heavy atom. The molecule has 0 N–H and O–H groups in total. The van der Waals surface area contributed by atoms with Crippen LogP contribution in [0.2, 0.25) is 0 Å². The molecule has 13 heavy (non-hydrogen) atoms. The summed E-state index contributed by atoms with van der Waals surface area (Å²) in [6.07, 6.45) is 1.30. The second-order valence-corrected chi connectivity index (χ2v) is 3.00. The van der Waals surface area contributed by atoms with Gasteiger partial charge < -0.3 is 9.47 Å². The third-order valence-corrected chi connectivity index (χ3v) is 2.06. The maximum Gasteiger partial charge on any atom is 0.354 e. The summed E-state index contributed by atoms with van der Waals surface area (Å²) in [6.45, 7) is 5.18. The van der Waals surface area contributed by atoms with E-state index in [2.05, 4.69) is 0 Å². The first kappa shape index (κ1) is 9.77. The zero-order valence-corrected chi connectivity index (χ0v) is 7.92. The minimum atomic E-state index is -1.22. The fourth-order valence-electron chi connectivity index (χ4n) is 1.10. The number of ether oxygens (including phenoxy) is 2. The average molecular weight is 184 g/mol. The summed E-state index contributed by atoms with van der Waals surface area (Å²) in [5.74, 6) is -1.01. The van der Waals surface area contributed by atoms with E-state index in [9.17, 15) is 9.59 Å². The summed E-state index contributed by atoms with van der Waals surface area (Å²) in [5, 5.41) is 0. The summed E-state index contributed by atoms with van der Waals surface area (Å²) in [5.41, 5.74) is -0.636. The van der Waals surface area contributed by atoms with Gasteiger partial charge in [-0.1, -0.05) is 0 Å². The Morgan fingerprint density at radius 3 is 2.69 bits per heavy atom. The molecule has 0 aromatic heterocycles. The Kier molecular flexibility index (Phi) is 2.40. The Morgan fingerprint density at radius 1 is 1.69 bits per heavy atom. The molecule has 0 amide bonds. The van der Waals surface area contributed by atoms with E-state index < -0.39 is 17.5 Å². The average Bonchev–Trinajstić information content (AvgIpc) is 2.28. The maximum absolute atomic E-state index is 11.4. The lowest BCUT2D eigenvalue weighted by atomic mass is 9.99. The number of esters is 2. The van der Waals surface area contributed by atoms with Crippen LogP contribution < -0.4 is 0 Å². The van der Waals surface area contributed by atoms with Crippen molar-refractivity contribution in [1.29, 1.82) is 0 Å². The third-order valence-electron chi connectivity index (χ3n) is 2.06. The summed E-state index contributed by atoms with van der Waals surface area (Å²) < 4.78 is 9.66. The largest absolute Gasteiger partial charge is 0.463 e. The van der Waals surface area contributed by atoms with E-state index >= 15 is 0 Å². The fraction of sp³-hybridized carbons (Fsp3) is 0.556. The van der Waals surface area contributed by atoms with Gasteiger partial charge in [0.25, 0.3) is 0 Å². The van der Waals surface area contributed by atoms with Crippen LogP contribution >= 0.6 is 0 Å². The third kappa shape index (κ3) is 1.56. The predicted molar refractivity (Wildman–Crippen MR) is 44.9 cm³/mol. The van der Waals surface area contributed by atoms with E-state index in [1.54, 1.807) is 13.8 Å². The van der Waals surface area contributed by atoms with Gasteiger partial charge in [-0.25, -0.2) is 9.59 Å². The van der Waals surface area contributed by atoms with E-state index in [0.29, 0.717) is 5.57 Å². The van der Waals surface area contributed by atoms with E-state index in [0.717, 1.165) is 0 Å². The van der Waals surface area contributed by atoms with E-state index in [1.165, 1.54) is 13.0 Å². The Labute approximate surface area is 76.5 Å². The van der Waals surface area contributed by atoms with Crippen molar-refractivity contribution in [3.8, 4) is 0 Å². The predicted octanol–water partition coefficient (Wildman–Crippen LogP) is 0.811. The van der Waals surface area contributed by atoms with Crippen LogP contribution in [0.5, 0.6) is 0 Å². The second kappa shape index (κ2) is 3.20. The lowest BCUT2D eigenvalue weighted by Crippen LogP contribution is -2.39. The zero-order valence-electron chi connectivity index (χ0n) is 7.92. The molecule has 0 aromatic carbocycles. The highest BCUT2D eigenvalue weighted by Crippen LogP contribution is 2.28. The van der Waals surface area contributed by atoms with Gasteiger partial charge in [0.05, 0.1) is 6.61 Å². The molecule has 1 heterocycles. The molecule has 0 bridgehead atoms. The molecule has 1 aliphatic rings. The van der Waals surface area contributed by atoms with Crippen molar-refractivity contribution in [2.75, 3.05) is 6.61 Å². The van der Waals surface area contributed by atoms with Crippen LogP contribution in [0, 0.1) is 0 Å². The highest BCUT2D eigenvalue weighted by Gasteiger charge is 2.44. The van der Waals surface area contributed by atoms with Gasteiger partial charge in [0.2, 0.25) is 5.60 Å². The molecule has 1 rings (SSSR count). The molecule has 0 fully saturated rings. The number of rotatable bonds is 2. The van der Waals surface area contributed by atoms with Gasteiger partial charge in [-0.2, -0.15) is 0 Å². The molecule has 0 aromatic rings. The molecule has 0 aliphatic carbocycles. The molecule has 72 valence electrons. The van der Waals surface area contributed by atoms with Crippen molar-refractivity contribution in [3.63, 3.8) is 0 Å². The van der Waals surface area contributed by atoms with Gasteiger partial charge in [0, 0.05) is 6.08 Å². The first-order valence-corrected chi connectivity index (χ1v) is 4.09. The first-order chi connectivity index (χ1) is 6.00. The van der Waals surface area contributed by atoms with Crippen molar-refractivity contribution in [2.45, 2.75) is 26.4 Å². The van der Waals surface area contributed by atoms with E-state index in [-0.39, 0.29) is 6.61 Å². The van der Waals surface area contributed by atoms with Crippen LogP contribution in [-0.4, -0.2) is 24.1 Å². The smallest absolute Gasteiger partial charge is 0.354 e. The molecule has 1 aliphatic heterocycles. The molecular weight excluding hydrogens is 172 g/mol. The lowest BCUT2D eigenvalue weighted by Gasteiger charge is -2.22. The number of carbonyl (C=O) groups is 2. The Balaban J connectivity index is 2.84. The van der Waals surface area contributed by atoms with Crippen molar-refractivity contribution >= 4 is 11.9 Å². The van der Waals surface area contributed by atoms with Crippen LogP contribution in [-0.2, 0) is 19.1 Å². The summed E-state index contributed by atoms with van der Waals surface area (Å²) in [7, 11) is 0. The monoisotopic (exact) mass is 184 g/mol. The van der Waals surface area contributed by atoms with Gasteiger partial charge in [-0.05, 0) is 26.3 Å². The standard InChI is InChI=1S/C9H12O4/c1-4-12-8(11)9(3)6(2)5-7(10)13-9/h5H,4H2,1-3H3. The summed E-state index contributed by atoms with van der Waals surface area (Å²) in [6, 6.07) is 0. The number of hydrogen-bond acceptors (Lipinski definition) is 4. The van der Waals surface area contributed by atoms with E-state index in [4.69, 9.17) is 9.47 Å². The van der Waals surface area contributed by atoms with Crippen molar-refractivity contribution in [1.82, 2.24) is 0 Å². The summed E-state index contributed by atoms with van der Waals surface area (Å²) in [4.78, 5) is 22.3. The molecule has 0 saturated heterocycles. The topological polar surface area (TPSA) is 52.6 Å². The van der Waals surface area contributed by atoms with Gasteiger partial charge in [0.15, 0.2) is 0 Å². The van der Waals surface area contributed by atoms with Crippen LogP contribution in [0.4, 0.5) is 0 Å². The van der Waals surface area contributed by atoms with Crippen molar-refractivity contribution < 1.29 is 19.1 Å². The quantitative estimate of drug-likeness (QED) is 0.596. The highest BCUT2D eigenvalue weighted by atomic mass is 16.6. The molecule has 0 radical (unpaired) electrons. The van der Waals surface area contributed by atoms with Crippen LogP contribution in [0.3, 0.4) is 0 Å². The van der Waals surface area contributed by atoms with Gasteiger partial charge in [0.1, 0.15) is 0 Å². The Bertz CT molecular complexity index is 279. The molecule has 1 atom stereocenters. The molecule has 0 saturated carbocycles. The lowest BCUT2D eigenvalue weighted by molar-refractivity contribution is -0.170. The van der Waals surface area contributed by atoms with Crippen LogP contribution in [0.15, 0.2) is 11.6 Å². The zero-order chi connectivity index (χ0) is 10.1. The van der Waals surface area contributed by atoms with Gasteiger partial charge >= 0.3 is 11.9 Å².